The average molecular weight is 407 g/mol. The Balaban J connectivity index is 1.40. The van der Waals surface area contributed by atoms with Gasteiger partial charge in [0.2, 0.25) is 0 Å². The number of carbonyl (C=O) groups is 1. The highest BCUT2D eigenvalue weighted by atomic mass is 19.3. The lowest BCUT2D eigenvalue weighted by Gasteiger charge is -2.37. The third-order valence-electron chi connectivity index (χ3n) is 6.58. The zero-order valence-corrected chi connectivity index (χ0v) is 17.0. The summed E-state index contributed by atoms with van der Waals surface area (Å²) in [6.07, 6.45) is 11.9. The molecule has 1 aromatic rings. The maximum atomic E-state index is 12.3. The number of allylic oxidation sites excluding steroid dienone is 1. The van der Waals surface area contributed by atoms with Crippen LogP contribution in [0.2, 0.25) is 0 Å². The minimum absolute atomic E-state index is 0.0916. The van der Waals surface area contributed by atoms with Gasteiger partial charge >= 0.3 is 12.6 Å². The Labute approximate surface area is 172 Å². The lowest BCUT2D eigenvalue weighted by Crippen LogP contribution is -2.29. The first kappa shape index (κ1) is 21.8. The topological polar surface area (TPSA) is 35.5 Å². The van der Waals surface area contributed by atoms with Crippen molar-refractivity contribution < 1.29 is 23.0 Å². The molecule has 0 spiro atoms. The number of carbonyl (C=O) groups excluding carboxylic acids is 1. The quantitative estimate of drug-likeness (QED) is 0.359. The Hall–Kier alpha value is -1.91. The summed E-state index contributed by atoms with van der Waals surface area (Å²) in [5.74, 6) is 2.12. The van der Waals surface area contributed by atoms with E-state index in [0.717, 1.165) is 50.4 Å². The number of alkyl halides is 2. The lowest BCUT2D eigenvalue weighted by atomic mass is 9.69. The van der Waals surface area contributed by atoms with Crippen molar-refractivity contribution >= 4 is 5.97 Å². The Morgan fingerprint density at radius 3 is 2.14 bits per heavy atom. The highest BCUT2D eigenvalue weighted by molar-refractivity contribution is 5.69. The smallest absolute Gasteiger partial charge is 0.387 e. The van der Waals surface area contributed by atoms with Crippen molar-refractivity contribution in [2.24, 2.45) is 11.8 Å². The lowest BCUT2D eigenvalue weighted by molar-refractivity contribution is -0.151. The minimum Gasteiger partial charge on any atom is -0.462 e. The number of hydrogen-bond donors (Lipinski definition) is 0. The summed E-state index contributed by atoms with van der Waals surface area (Å²) in [7, 11) is 0. The SMILES string of the molecule is C=CCCC(=O)OC1CCC(C2CCC(c3ccc(OC(F)F)cc3)CC2)CC1. The zero-order chi connectivity index (χ0) is 20.6. The van der Waals surface area contributed by atoms with Crippen LogP contribution < -0.4 is 4.74 Å². The number of benzene rings is 1. The van der Waals surface area contributed by atoms with Crippen molar-refractivity contribution in [2.45, 2.75) is 82.8 Å². The fourth-order valence-electron chi connectivity index (χ4n) is 4.99. The van der Waals surface area contributed by atoms with E-state index < -0.39 is 6.61 Å². The molecule has 0 aliphatic heterocycles. The van der Waals surface area contributed by atoms with Gasteiger partial charge in [0.05, 0.1) is 0 Å². The summed E-state index contributed by atoms with van der Waals surface area (Å²) in [5.41, 5.74) is 1.22. The van der Waals surface area contributed by atoms with Gasteiger partial charge in [-0.25, -0.2) is 0 Å². The molecule has 0 bridgehead atoms. The molecule has 0 amide bonds. The van der Waals surface area contributed by atoms with Gasteiger partial charge in [-0.15, -0.1) is 6.58 Å². The molecule has 2 aliphatic carbocycles. The third kappa shape index (κ3) is 6.55. The van der Waals surface area contributed by atoms with Gasteiger partial charge in [0.15, 0.2) is 0 Å². The standard InChI is InChI=1S/C24H32F2O3/c1-2-3-4-23(27)28-21-13-9-19(10-14-21)17-5-7-18(8-6-17)20-11-15-22(16-12-20)29-24(25)26/h2,11-12,15-19,21,24H,1,3-10,13-14H2. The maximum absolute atomic E-state index is 12.3. The summed E-state index contributed by atoms with van der Waals surface area (Å²) in [6, 6.07) is 7.14. The summed E-state index contributed by atoms with van der Waals surface area (Å²) >= 11 is 0. The van der Waals surface area contributed by atoms with E-state index in [2.05, 4.69) is 11.3 Å². The van der Waals surface area contributed by atoms with E-state index in [4.69, 9.17) is 4.74 Å². The minimum atomic E-state index is -2.78. The number of hydrogen-bond acceptors (Lipinski definition) is 3. The van der Waals surface area contributed by atoms with Crippen LogP contribution in [-0.4, -0.2) is 18.7 Å². The van der Waals surface area contributed by atoms with Crippen molar-refractivity contribution in [2.75, 3.05) is 0 Å². The van der Waals surface area contributed by atoms with Crippen molar-refractivity contribution in [3.8, 4) is 5.75 Å². The molecule has 3 nitrogen and oxygen atoms in total. The Morgan fingerprint density at radius 2 is 1.59 bits per heavy atom. The van der Waals surface area contributed by atoms with E-state index in [1.807, 2.05) is 12.1 Å². The van der Waals surface area contributed by atoms with Crippen LogP contribution >= 0.6 is 0 Å². The molecule has 0 unspecified atom stereocenters. The highest BCUT2D eigenvalue weighted by Crippen LogP contribution is 2.43. The van der Waals surface area contributed by atoms with Gasteiger partial charge in [0, 0.05) is 6.42 Å². The Morgan fingerprint density at radius 1 is 1.00 bits per heavy atom. The van der Waals surface area contributed by atoms with Crippen LogP contribution in [0.1, 0.15) is 75.7 Å². The van der Waals surface area contributed by atoms with Crippen molar-refractivity contribution in [3.63, 3.8) is 0 Å². The van der Waals surface area contributed by atoms with E-state index in [1.54, 1.807) is 18.2 Å². The van der Waals surface area contributed by atoms with Gasteiger partial charge in [-0.05, 0) is 93.2 Å². The van der Waals surface area contributed by atoms with Crippen molar-refractivity contribution in [1.29, 1.82) is 0 Å². The predicted octanol–water partition coefficient (Wildman–Crippen LogP) is 6.63. The summed E-state index contributed by atoms with van der Waals surface area (Å²) < 4.78 is 34.6. The molecule has 0 saturated heterocycles. The second kappa shape index (κ2) is 10.7. The van der Waals surface area contributed by atoms with Crippen LogP contribution in [0.3, 0.4) is 0 Å². The molecule has 29 heavy (non-hydrogen) atoms. The van der Waals surface area contributed by atoms with E-state index >= 15 is 0 Å². The van der Waals surface area contributed by atoms with Crippen LogP contribution in [0.4, 0.5) is 8.78 Å². The van der Waals surface area contributed by atoms with Gasteiger partial charge in [0.25, 0.3) is 0 Å². The maximum Gasteiger partial charge on any atom is 0.387 e. The van der Waals surface area contributed by atoms with Crippen LogP contribution in [0.5, 0.6) is 5.75 Å². The summed E-state index contributed by atoms with van der Waals surface area (Å²) in [6.45, 7) is 0.863. The van der Waals surface area contributed by atoms with Gasteiger partial charge in [-0.2, -0.15) is 8.78 Å². The molecule has 1 aromatic carbocycles. The second-order valence-corrected chi connectivity index (χ2v) is 8.41. The Kier molecular flexibility index (Phi) is 8.08. The zero-order valence-electron chi connectivity index (χ0n) is 17.0. The number of ether oxygens (including phenoxy) is 2. The van der Waals surface area contributed by atoms with Gasteiger partial charge < -0.3 is 9.47 Å². The second-order valence-electron chi connectivity index (χ2n) is 8.41. The predicted molar refractivity (Wildman–Crippen MR) is 109 cm³/mol. The monoisotopic (exact) mass is 406 g/mol. The molecular formula is C24H32F2O3. The fraction of sp³-hybridized carbons (Fsp3) is 0.625. The third-order valence-corrected chi connectivity index (χ3v) is 6.58. The van der Waals surface area contributed by atoms with Crippen molar-refractivity contribution in [1.82, 2.24) is 0 Å². The van der Waals surface area contributed by atoms with Crippen LogP contribution in [0, 0.1) is 11.8 Å². The van der Waals surface area contributed by atoms with Gasteiger partial charge in [0.1, 0.15) is 11.9 Å². The van der Waals surface area contributed by atoms with Gasteiger partial charge in [-0.3, -0.25) is 4.79 Å². The summed E-state index contributed by atoms with van der Waals surface area (Å²) in [4.78, 5) is 11.8. The normalized spacial score (nSPS) is 27.4. The molecule has 2 aliphatic rings. The molecule has 3 rings (SSSR count). The molecule has 0 heterocycles. The van der Waals surface area contributed by atoms with Crippen molar-refractivity contribution in [3.05, 3.63) is 42.5 Å². The largest absolute Gasteiger partial charge is 0.462 e. The first-order valence-electron chi connectivity index (χ1n) is 10.9. The van der Waals surface area contributed by atoms with E-state index in [-0.39, 0.29) is 17.8 Å². The molecule has 0 N–H and O–H groups in total. The average Bonchev–Trinajstić information content (AvgIpc) is 2.73. The van der Waals surface area contributed by atoms with Crippen LogP contribution in [-0.2, 0) is 9.53 Å². The molecule has 2 fully saturated rings. The van der Waals surface area contributed by atoms with Gasteiger partial charge in [-0.1, -0.05) is 18.2 Å². The molecule has 160 valence electrons. The molecular weight excluding hydrogens is 374 g/mol. The van der Waals surface area contributed by atoms with Crippen LogP contribution in [0.25, 0.3) is 0 Å². The van der Waals surface area contributed by atoms with Crippen LogP contribution in [0.15, 0.2) is 36.9 Å². The van der Waals surface area contributed by atoms with E-state index in [9.17, 15) is 13.6 Å². The molecule has 5 heteroatoms. The molecule has 0 aromatic heterocycles. The number of esters is 1. The first-order valence-corrected chi connectivity index (χ1v) is 10.9. The van der Waals surface area contributed by atoms with E-state index in [1.165, 1.54) is 18.4 Å². The summed E-state index contributed by atoms with van der Waals surface area (Å²) in [5, 5.41) is 0. The molecule has 2 saturated carbocycles. The number of rotatable bonds is 8. The first-order chi connectivity index (χ1) is 14.0. The highest BCUT2D eigenvalue weighted by Gasteiger charge is 2.32. The Bertz CT molecular complexity index is 643. The molecule has 0 atom stereocenters. The fourth-order valence-corrected chi connectivity index (χ4v) is 4.99. The van der Waals surface area contributed by atoms with E-state index in [0.29, 0.717) is 18.8 Å². The number of halogens is 2. The molecule has 0 radical (unpaired) electrons.